The summed E-state index contributed by atoms with van der Waals surface area (Å²) in [6.07, 6.45) is 8.63. The first-order valence-corrected chi connectivity index (χ1v) is 12.7. The molecule has 8 nitrogen and oxygen atoms in total. The summed E-state index contributed by atoms with van der Waals surface area (Å²) < 4.78 is 2.29. The molecule has 0 aromatic carbocycles. The van der Waals surface area contributed by atoms with Crippen LogP contribution in [0.4, 0.5) is 10.9 Å². The Morgan fingerprint density at radius 2 is 1.94 bits per heavy atom. The highest BCUT2D eigenvalue weighted by Gasteiger charge is 2.36. The van der Waals surface area contributed by atoms with E-state index in [1.54, 1.807) is 11.3 Å². The molecule has 3 aromatic rings. The minimum absolute atomic E-state index is 0.0846. The number of carbonyl (C=O) groups is 1. The second-order valence-electron chi connectivity index (χ2n) is 9.28. The van der Waals surface area contributed by atoms with Crippen molar-refractivity contribution in [1.29, 1.82) is 0 Å². The van der Waals surface area contributed by atoms with Crippen molar-refractivity contribution in [2.45, 2.75) is 57.5 Å². The fourth-order valence-electron chi connectivity index (χ4n) is 5.21. The number of nitrogens with zero attached hydrogens (tertiary/aromatic N) is 5. The average Bonchev–Trinajstić information content (AvgIpc) is 3.49. The van der Waals surface area contributed by atoms with E-state index >= 15 is 0 Å². The van der Waals surface area contributed by atoms with Crippen molar-refractivity contribution in [2.75, 3.05) is 30.8 Å². The van der Waals surface area contributed by atoms with Crippen LogP contribution in [-0.2, 0) is 17.6 Å². The van der Waals surface area contributed by atoms with Crippen LogP contribution in [0.15, 0.2) is 18.3 Å². The predicted octanol–water partition coefficient (Wildman–Crippen LogP) is 3.97. The number of likely N-dealkylation sites (tertiary alicyclic amines) is 1. The van der Waals surface area contributed by atoms with E-state index in [1.165, 1.54) is 31.0 Å². The number of hydrogen-bond acceptors (Lipinski definition) is 7. The van der Waals surface area contributed by atoms with Crippen molar-refractivity contribution in [2.24, 2.45) is 0 Å². The minimum atomic E-state index is -0.0846. The Balaban J connectivity index is 1.42. The normalized spacial score (nSPS) is 18.6. The Labute approximate surface area is 197 Å². The molecule has 0 radical (unpaired) electrons. The maximum absolute atomic E-state index is 11.6. The third-order valence-electron chi connectivity index (χ3n) is 7.02. The summed E-state index contributed by atoms with van der Waals surface area (Å²) in [6, 6.07) is 5.30. The Morgan fingerprint density at radius 3 is 2.61 bits per heavy atom. The first kappa shape index (κ1) is 20.8. The molecule has 0 spiro atoms. The molecule has 2 aliphatic carbocycles. The van der Waals surface area contributed by atoms with Crippen LogP contribution >= 0.6 is 11.3 Å². The summed E-state index contributed by atoms with van der Waals surface area (Å²) in [4.78, 5) is 24.7. The lowest BCUT2D eigenvalue weighted by Crippen LogP contribution is -2.36. The van der Waals surface area contributed by atoms with Gasteiger partial charge < -0.3 is 15.5 Å². The van der Waals surface area contributed by atoms with E-state index in [0.29, 0.717) is 11.2 Å². The van der Waals surface area contributed by atoms with Crippen LogP contribution in [0.3, 0.4) is 0 Å². The number of carbonyl (C=O) groups excluding carboxylic acids is 1. The highest BCUT2D eigenvalue weighted by atomic mass is 32.1. The van der Waals surface area contributed by atoms with Gasteiger partial charge in [-0.2, -0.15) is 5.10 Å². The molecule has 0 bridgehead atoms. The van der Waals surface area contributed by atoms with E-state index in [9.17, 15) is 4.79 Å². The van der Waals surface area contributed by atoms with E-state index in [4.69, 9.17) is 10.1 Å². The number of rotatable bonds is 5. The Kier molecular flexibility index (Phi) is 5.18. The van der Waals surface area contributed by atoms with Crippen molar-refractivity contribution >= 4 is 28.2 Å². The van der Waals surface area contributed by atoms with E-state index in [0.717, 1.165) is 72.5 Å². The molecule has 2 fully saturated rings. The van der Waals surface area contributed by atoms with Gasteiger partial charge in [-0.05, 0) is 50.7 Å². The largest absolute Gasteiger partial charge is 0.373 e. The van der Waals surface area contributed by atoms with E-state index < -0.39 is 0 Å². The standard InChI is InChI=1S/C24H29N7OS/c1-14(32)27-24-28-19-7-6-18-21(15-3-8-20(25-2)26-13-15)29-31(22(18)23(19)33-24)17-9-11-30(12-10-17)16-4-5-16/h3,8,13,16-17H,4-7,9-12H2,1-2H3,(H,25,26)(H,27,28,32). The molecule has 6 rings (SSSR count). The van der Waals surface area contributed by atoms with Crippen molar-refractivity contribution < 1.29 is 4.79 Å². The lowest BCUT2D eigenvalue weighted by Gasteiger charge is -2.33. The molecule has 0 atom stereocenters. The Hall–Kier alpha value is -2.78. The monoisotopic (exact) mass is 463 g/mol. The first-order chi connectivity index (χ1) is 16.1. The smallest absolute Gasteiger partial charge is 0.223 e. The lowest BCUT2D eigenvalue weighted by molar-refractivity contribution is -0.114. The number of amides is 1. The second kappa shape index (κ2) is 8.22. The number of aromatic nitrogens is 4. The zero-order valence-corrected chi connectivity index (χ0v) is 19.9. The molecule has 172 valence electrons. The van der Waals surface area contributed by atoms with Gasteiger partial charge in [-0.15, -0.1) is 0 Å². The van der Waals surface area contributed by atoms with E-state index in [-0.39, 0.29) is 5.91 Å². The third-order valence-corrected chi connectivity index (χ3v) is 8.04. The van der Waals surface area contributed by atoms with Gasteiger partial charge in [-0.1, -0.05) is 11.3 Å². The molecule has 1 saturated heterocycles. The van der Waals surface area contributed by atoms with Crippen LogP contribution in [0.5, 0.6) is 0 Å². The molecule has 3 aliphatic rings. The van der Waals surface area contributed by atoms with Crippen LogP contribution in [0, 0.1) is 0 Å². The molecule has 1 saturated carbocycles. The van der Waals surface area contributed by atoms with Crippen molar-refractivity contribution in [3.8, 4) is 21.8 Å². The SMILES string of the molecule is CNc1ccc(-c2nn(C3CCN(C4CC4)CC3)c3c2CCc2nc(NC(C)=O)sc2-3)cn1. The quantitative estimate of drug-likeness (QED) is 0.595. The van der Waals surface area contributed by atoms with Gasteiger partial charge in [0.25, 0.3) is 0 Å². The Morgan fingerprint density at radius 1 is 1.12 bits per heavy atom. The maximum atomic E-state index is 11.6. The van der Waals surface area contributed by atoms with Gasteiger partial charge in [-0.25, -0.2) is 9.97 Å². The van der Waals surface area contributed by atoms with Crippen LogP contribution in [0.2, 0.25) is 0 Å². The highest BCUT2D eigenvalue weighted by Crippen LogP contribution is 2.45. The summed E-state index contributed by atoms with van der Waals surface area (Å²) in [7, 11) is 1.88. The number of hydrogen-bond donors (Lipinski definition) is 2. The zero-order valence-electron chi connectivity index (χ0n) is 19.1. The van der Waals surface area contributed by atoms with Gasteiger partial charge in [0.15, 0.2) is 5.13 Å². The summed E-state index contributed by atoms with van der Waals surface area (Å²) in [5.41, 5.74) is 5.63. The second-order valence-corrected chi connectivity index (χ2v) is 10.3. The fourth-order valence-corrected chi connectivity index (χ4v) is 6.34. The van der Waals surface area contributed by atoms with Gasteiger partial charge in [0.1, 0.15) is 5.82 Å². The van der Waals surface area contributed by atoms with Crippen LogP contribution in [-0.4, -0.2) is 56.7 Å². The van der Waals surface area contributed by atoms with Crippen molar-refractivity contribution in [1.82, 2.24) is 24.6 Å². The zero-order chi connectivity index (χ0) is 22.5. The molecule has 3 aromatic heterocycles. The maximum Gasteiger partial charge on any atom is 0.223 e. The van der Waals surface area contributed by atoms with Crippen molar-refractivity contribution in [3.05, 3.63) is 29.6 Å². The molecule has 33 heavy (non-hydrogen) atoms. The number of fused-ring (bicyclic) bond motifs is 3. The molecular formula is C24H29N7OS. The van der Waals surface area contributed by atoms with Gasteiger partial charge in [0.05, 0.1) is 28.0 Å². The van der Waals surface area contributed by atoms with Crippen LogP contribution in [0.1, 0.15) is 49.9 Å². The van der Waals surface area contributed by atoms with Crippen LogP contribution < -0.4 is 10.6 Å². The molecule has 1 amide bonds. The highest BCUT2D eigenvalue weighted by molar-refractivity contribution is 7.19. The number of anilines is 2. The van der Waals surface area contributed by atoms with E-state index in [2.05, 4.69) is 31.3 Å². The number of piperidine rings is 1. The lowest BCUT2D eigenvalue weighted by atomic mass is 9.95. The molecular weight excluding hydrogens is 434 g/mol. The number of pyridine rings is 1. The first-order valence-electron chi connectivity index (χ1n) is 11.9. The molecule has 0 unspecified atom stereocenters. The number of thiazole rings is 1. The number of nitrogens with one attached hydrogen (secondary N) is 2. The summed E-state index contributed by atoms with van der Waals surface area (Å²) in [6.45, 7) is 3.82. The van der Waals surface area contributed by atoms with Gasteiger partial charge in [0.2, 0.25) is 5.91 Å². The number of aryl methyl sites for hydroxylation is 1. The van der Waals surface area contributed by atoms with Crippen LogP contribution in [0.25, 0.3) is 21.8 Å². The summed E-state index contributed by atoms with van der Waals surface area (Å²) >= 11 is 1.57. The summed E-state index contributed by atoms with van der Waals surface area (Å²) in [5.74, 6) is 0.767. The van der Waals surface area contributed by atoms with Gasteiger partial charge in [-0.3, -0.25) is 9.48 Å². The Bertz CT molecular complexity index is 1190. The van der Waals surface area contributed by atoms with Gasteiger partial charge in [0, 0.05) is 50.4 Å². The molecule has 2 N–H and O–H groups in total. The van der Waals surface area contributed by atoms with Gasteiger partial charge >= 0.3 is 0 Å². The summed E-state index contributed by atoms with van der Waals surface area (Å²) in [5, 5.41) is 11.9. The third kappa shape index (κ3) is 3.83. The van der Waals surface area contributed by atoms with Crippen molar-refractivity contribution in [3.63, 3.8) is 0 Å². The predicted molar refractivity (Wildman–Crippen MR) is 131 cm³/mol. The molecule has 4 heterocycles. The van der Waals surface area contributed by atoms with E-state index in [1.807, 2.05) is 19.3 Å². The average molecular weight is 464 g/mol. The minimum Gasteiger partial charge on any atom is -0.373 e. The molecule has 1 aliphatic heterocycles. The molecule has 9 heteroatoms. The topological polar surface area (TPSA) is 88.0 Å². The fraction of sp³-hybridized carbons (Fsp3) is 0.500.